The molecule has 1 rings (SSSR count). The standard InChI is InChI=1S/C10H16N4O3/c1-6(2)8(11)5-13-10(15)9-3-7(4-12-9)14(16)17/h3-4,6,8,12H,5,11H2,1-2H3,(H,13,15). The number of nitro groups is 1. The fraction of sp³-hybridized carbons (Fsp3) is 0.500. The molecule has 0 radical (unpaired) electrons. The Bertz CT molecular complexity index is 413. The lowest BCUT2D eigenvalue weighted by Gasteiger charge is -2.15. The highest BCUT2D eigenvalue weighted by atomic mass is 16.6. The fourth-order valence-electron chi connectivity index (χ4n) is 1.16. The van der Waals surface area contributed by atoms with E-state index in [1.54, 1.807) is 0 Å². The van der Waals surface area contributed by atoms with E-state index in [9.17, 15) is 14.9 Å². The zero-order chi connectivity index (χ0) is 13.0. The minimum atomic E-state index is -0.562. The first kappa shape index (κ1) is 13.2. The topological polar surface area (TPSA) is 114 Å². The lowest BCUT2D eigenvalue weighted by molar-refractivity contribution is -0.384. The molecule has 0 spiro atoms. The van der Waals surface area contributed by atoms with Crippen molar-refractivity contribution in [3.8, 4) is 0 Å². The van der Waals surface area contributed by atoms with Crippen LogP contribution in [-0.4, -0.2) is 28.4 Å². The van der Waals surface area contributed by atoms with E-state index < -0.39 is 10.8 Å². The molecule has 1 aromatic rings. The summed E-state index contributed by atoms with van der Waals surface area (Å²) < 4.78 is 0. The van der Waals surface area contributed by atoms with Gasteiger partial charge in [-0.1, -0.05) is 13.8 Å². The van der Waals surface area contributed by atoms with Crippen LogP contribution in [0.5, 0.6) is 0 Å². The highest BCUT2D eigenvalue weighted by Gasteiger charge is 2.15. The quantitative estimate of drug-likeness (QED) is 0.517. The maximum Gasteiger partial charge on any atom is 0.287 e. The average Bonchev–Trinajstić information content (AvgIpc) is 2.74. The molecule has 0 fully saturated rings. The molecule has 0 aliphatic heterocycles. The van der Waals surface area contributed by atoms with Crippen molar-refractivity contribution in [3.05, 3.63) is 28.1 Å². The molecule has 1 heterocycles. The Labute approximate surface area is 98.5 Å². The van der Waals surface area contributed by atoms with Crippen LogP contribution in [0.3, 0.4) is 0 Å². The van der Waals surface area contributed by atoms with E-state index >= 15 is 0 Å². The van der Waals surface area contributed by atoms with Crippen LogP contribution >= 0.6 is 0 Å². The molecule has 1 unspecified atom stereocenters. The van der Waals surface area contributed by atoms with Crippen LogP contribution in [0.25, 0.3) is 0 Å². The molecule has 0 saturated carbocycles. The summed E-state index contributed by atoms with van der Waals surface area (Å²) in [6.07, 6.45) is 1.18. The molecule has 17 heavy (non-hydrogen) atoms. The normalized spacial score (nSPS) is 12.5. The minimum absolute atomic E-state index is 0.135. The number of nitrogens with two attached hydrogens (primary N) is 1. The van der Waals surface area contributed by atoms with Crippen LogP contribution in [0.1, 0.15) is 24.3 Å². The number of amides is 1. The molecule has 7 nitrogen and oxygen atoms in total. The summed E-state index contributed by atoms with van der Waals surface area (Å²) in [5, 5.41) is 13.0. The molecule has 7 heteroatoms. The zero-order valence-corrected chi connectivity index (χ0v) is 9.77. The number of nitrogens with zero attached hydrogens (tertiary/aromatic N) is 1. The summed E-state index contributed by atoms with van der Waals surface area (Å²) in [6.45, 7) is 4.25. The number of aromatic amines is 1. The van der Waals surface area contributed by atoms with Gasteiger partial charge in [-0.05, 0) is 5.92 Å². The van der Waals surface area contributed by atoms with Crippen molar-refractivity contribution in [2.75, 3.05) is 6.54 Å². The predicted octanol–water partition coefficient (Wildman–Crippen LogP) is 0.636. The summed E-state index contributed by atoms with van der Waals surface area (Å²) in [5.41, 5.74) is 5.79. The second-order valence-corrected chi connectivity index (χ2v) is 4.15. The van der Waals surface area contributed by atoms with E-state index in [-0.39, 0.29) is 23.3 Å². The van der Waals surface area contributed by atoms with Crippen LogP contribution in [-0.2, 0) is 0 Å². The Morgan fingerprint density at radius 2 is 2.29 bits per heavy atom. The molecule has 0 saturated heterocycles. The van der Waals surface area contributed by atoms with Gasteiger partial charge < -0.3 is 16.0 Å². The SMILES string of the molecule is CC(C)C(N)CNC(=O)c1cc([N+](=O)[O-])c[nH]1. The Hall–Kier alpha value is -1.89. The molecule has 1 aromatic heterocycles. The van der Waals surface area contributed by atoms with Crippen LogP contribution in [0, 0.1) is 16.0 Å². The number of rotatable bonds is 5. The number of H-pyrrole nitrogens is 1. The molecular weight excluding hydrogens is 224 g/mol. The molecule has 1 amide bonds. The van der Waals surface area contributed by atoms with Gasteiger partial charge in [0.15, 0.2) is 0 Å². The Morgan fingerprint density at radius 1 is 1.65 bits per heavy atom. The molecule has 4 N–H and O–H groups in total. The van der Waals surface area contributed by atoms with Crippen molar-refractivity contribution in [3.63, 3.8) is 0 Å². The van der Waals surface area contributed by atoms with Crippen molar-refractivity contribution in [1.29, 1.82) is 0 Å². The van der Waals surface area contributed by atoms with Gasteiger partial charge in [-0.3, -0.25) is 14.9 Å². The first-order valence-corrected chi connectivity index (χ1v) is 5.28. The van der Waals surface area contributed by atoms with Crippen molar-refractivity contribution in [2.45, 2.75) is 19.9 Å². The van der Waals surface area contributed by atoms with Gasteiger partial charge in [-0.2, -0.15) is 0 Å². The van der Waals surface area contributed by atoms with Crippen LogP contribution in [0.2, 0.25) is 0 Å². The highest BCUT2D eigenvalue weighted by Crippen LogP contribution is 2.11. The van der Waals surface area contributed by atoms with Gasteiger partial charge in [0, 0.05) is 18.7 Å². The third-order valence-corrected chi connectivity index (χ3v) is 2.48. The van der Waals surface area contributed by atoms with Crippen LogP contribution in [0.4, 0.5) is 5.69 Å². The summed E-state index contributed by atoms with van der Waals surface area (Å²) in [7, 11) is 0. The smallest absolute Gasteiger partial charge is 0.287 e. The summed E-state index contributed by atoms with van der Waals surface area (Å²) in [4.78, 5) is 24.0. The molecule has 0 aromatic carbocycles. The maximum atomic E-state index is 11.6. The van der Waals surface area contributed by atoms with E-state index in [2.05, 4.69) is 10.3 Å². The van der Waals surface area contributed by atoms with Gasteiger partial charge in [0.05, 0.1) is 11.1 Å². The van der Waals surface area contributed by atoms with Gasteiger partial charge in [-0.25, -0.2) is 0 Å². The molecule has 0 aliphatic carbocycles. The number of hydrogen-bond donors (Lipinski definition) is 3. The van der Waals surface area contributed by atoms with Crippen molar-refractivity contribution in [1.82, 2.24) is 10.3 Å². The van der Waals surface area contributed by atoms with Crippen molar-refractivity contribution in [2.24, 2.45) is 11.7 Å². The van der Waals surface area contributed by atoms with Gasteiger partial charge in [0.2, 0.25) is 0 Å². The van der Waals surface area contributed by atoms with E-state index in [1.807, 2.05) is 13.8 Å². The third-order valence-electron chi connectivity index (χ3n) is 2.48. The maximum absolute atomic E-state index is 11.6. The minimum Gasteiger partial charge on any atom is -0.351 e. The molecule has 0 aliphatic rings. The van der Waals surface area contributed by atoms with Gasteiger partial charge in [0.25, 0.3) is 11.6 Å². The molecule has 1 atom stereocenters. The van der Waals surface area contributed by atoms with Gasteiger partial charge >= 0.3 is 0 Å². The van der Waals surface area contributed by atoms with Gasteiger partial charge in [-0.15, -0.1) is 0 Å². The van der Waals surface area contributed by atoms with Crippen LogP contribution < -0.4 is 11.1 Å². The molecule has 0 bridgehead atoms. The Morgan fingerprint density at radius 3 is 2.76 bits per heavy atom. The zero-order valence-electron chi connectivity index (χ0n) is 9.77. The summed E-state index contributed by atoms with van der Waals surface area (Å²) in [6, 6.07) is 1.06. The van der Waals surface area contributed by atoms with E-state index in [1.165, 1.54) is 12.3 Å². The van der Waals surface area contributed by atoms with E-state index in [0.717, 1.165) is 0 Å². The third kappa shape index (κ3) is 3.56. The predicted molar refractivity (Wildman–Crippen MR) is 62.6 cm³/mol. The number of hydrogen-bond acceptors (Lipinski definition) is 4. The average molecular weight is 240 g/mol. The second kappa shape index (κ2) is 5.44. The van der Waals surface area contributed by atoms with Crippen molar-refractivity contribution < 1.29 is 9.72 Å². The van der Waals surface area contributed by atoms with Crippen molar-refractivity contribution >= 4 is 11.6 Å². The number of carbonyl (C=O) groups is 1. The number of nitrogens with one attached hydrogen (secondary N) is 2. The van der Waals surface area contributed by atoms with E-state index in [0.29, 0.717) is 6.54 Å². The first-order valence-electron chi connectivity index (χ1n) is 5.28. The summed E-state index contributed by atoms with van der Waals surface area (Å²) in [5.74, 6) is -0.137. The van der Waals surface area contributed by atoms with E-state index in [4.69, 9.17) is 5.73 Å². The van der Waals surface area contributed by atoms with Gasteiger partial charge in [0.1, 0.15) is 5.69 Å². The number of aromatic nitrogens is 1. The Balaban J connectivity index is 2.55. The largest absolute Gasteiger partial charge is 0.351 e. The Kier molecular flexibility index (Phi) is 4.22. The van der Waals surface area contributed by atoms with Crippen LogP contribution in [0.15, 0.2) is 12.3 Å². The monoisotopic (exact) mass is 240 g/mol. The molecular formula is C10H16N4O3. The molecule has 94 valence electrons. The highest BCUT2D eigenvalue weighted by molar-refractivity contribution is 5.93. The number of carbonyl (C=O) groups excluding carboxylic acids is 1. The fourth-order valence-corrected chi connectivity index (χ4v) is 1.16. The second-order valence-electron chi connectivity index (χ2n) is 4.15. The lowest BCUT2D eigenvalue weighted by atomic mass is 10.1. The summed E-state index contributed by atoms with van der Waals surface area (Å²) >= 11 is 0. The lowest BCUT2D eigenvalue weighted by Crippen LogP contribution is -2.40. The first-order chi connectivity index (χ1) is 7.91.